The van der Waals surface area contributed by atoms with Gasteiger partial charge in [0.15, 0.2) is 0 Å². The van der Waals surface area contributed by atoms with Crippen molar-refractivity contribution < 1.29 is 14.3 Å². The van der Waals surface area contributed by atoms with Gasteiger partial charge in [-0.05, 0) is 48.5 Å². The lowest BCUT2D eigenvalue weighted by atomic mass is 10.2. The number of carbonyl (C=O) groups is 1. The summed E-state index contributed by atoms with van der Waals surface area (Å²) in [4.78, 5) is 10.1. The molecule has 0 saturated carbocycles. The highest BCUT2D eigenvalue weighted by Crippen LogP contribution is 2.23. The van der Waals surface area contributed by atoms with Crippen molar-refractivity contribution >= 4 is 6.47 Å². The second kappa shape index (κ2) is 5.51. The van der Waals surface area contributed by atoms with Crippen molar-refractivity contribution in [1.82, 2.24) is 0 Å². The molecule has 2 aromatic rings. The third-order valence-corrected chi connectivity index (χ3v) is 2.23. The number of hydrogen-bond acceptors (Lipinski definition) is 4. The summed E-state index contributed by atoms with van der Waals surface area (Å²) in [6, 6.07) is 15.5. The molecule has 0 aliphatic heterocycles. The van der Waals surface area contributed by atoms with Crippen LogP contribution in [0.5, 0.6) is 17.2 Å². The van der Waals surface area contributed by atoms with E-state index in [0.717, 1.165) is 0 Å². The van der Waals surface area contributed by atoms with Crippen LogP contribution in [0.15, 0.2) is 48.5 Å². The maximum atomic E-state index is 10.1. The van der Waals surface area contributed by atoms with E-state index < -0.39 is 0 Å². The van der Waals surface area contributed by atoms with Gasteiger partial charge in [0.1, 0.15) is 17.2 Å². The first-order valence-corrected chi connectivity index (χ1v) is 5.20. The molecule has 0 spiro atoms. The Balaban J connectivity index is 2.08. The molecule has 2 aromatic carbocycles. The van der Waals surface area contributed by atoms with Crippen molar-refractivity contribution in [2.75, 3.05) is 0 Å². The number of benzene rings is 2. The minimum absolute atomic E-state index is 0.372. The summed E-state index contributed by atoms with van der Waals surface area (Å²) in [6.45, 7) is 0.372. The van der Waals surface area contributed by atoms with Crippen LogP contribution in [0.2, 0.25) is 0 Å². The Bertz CT molecular complexity index is 567. The normalized spacial score (nSPS) is 9.28. The topological polar surface area (TPSA) is 59.3 Å². The molecule has 2 rings (SSSR count). The SMILES string of the molecule is N#Cc1ccc(Oc2ccc(OC=O)cc2)cc1. The van der Waals surface area contributed by atoms with Gasteiger partial charge >= 0.3 is 0 Å². The molecule has 0 N–H and O–H groups in total. The monoisotopic (exact) mass is 239 g/mol. The summed E-state index contributed by atoms with van der Waals surface area (Å²) >= 11 is 0. The highest BCUT2D eigenvalue weighted by molar-refractivity contribution is 5.46. The van der Waals surface area contributed by atoms with E-state index >= 15 is 0 Å². The van der Waals surface area contributed by atoms with Crippen molar-refractivity contribution in [2.24, 2.45) is 0 Å². The second-order valence-corrected chi connectivity index (χ2v) is 3.42. The van der Waals surface area contributed by atoms with Gasteiger partial charge in [-0.1, -0.05) is 0 Å². The first-order chi connectivity index (χ1) is 8.81. The van der Waals surface area contributed by atoms with Crippen LogP contribution < -0.4 is 9.47 Å². The van der Waals surface area contributed by atoms with E-state index in [1.165, 1.54) is 0 Å². The van der Waals surface area contributed by atoms with Gasteiger partial charge in [-0.25, -0.2) is 0 Å². The van der Waals surface area contributed by atoms with Crippen LogP contribution in [0.25, 0.3) is 0 Å². The zero-order valence-corrected chi connectivity index (χ0v) is 9.37. The molecule has 0 atom stereocenters. The molecule has 0 aliphatic carbocycles. The second-order valence-electron chi connectivity index (χ2n) is 3.42. The molecule has 4 heteroatoms. The lowest BCUT2D eigenvalue weighted by molar-refractivity contribution is -0.120. The highest BCUT2D eigenvalue weighted by Gasteiger charge is 1.99. The van der Waals surface area contributed by atoms with Gasteiger partial charge in [-0.2, -0.15) is 5.26 Å². The van der Waals surface area contributed by atoms with E-state index in [1.807, 2.05) is 6.07 Å². The fraction of sp³-hybridized carbons (Fsp3) is 0. The smallest absolute Gasteiger partial charge is 0.298 e. The summed E-state index contributed by atoms with van der Waals surface area (Å²) in [7, 11) is 0. The zero-order valence-electron chi connectivity index (χ0n) is 9.37. The minimum atomic E-state index is 0.372. The fourth-order valence-electron chi connectivity index (χ4n) is 1.38. The fourth-order valence-corrected chi connectivity index (χ4v) is 1.38. The van der Waals surface area contributed by atoms with Crippen LogP contribution >= 0.6 is 0 Å². The first-order valence-electron chi connectivity index (χ1n) is 5.20. The zero-order chi connectivity index (χ0) is 12.8. The van der Waals surface area contributed by atoms with Crippen LogP contribution in [0.4, 0.5) is 0 Å². The summed E-state index contributed by atoms with van der Waals surface area (Å²) in [5, 5.41) is 8.67. The van der Waals surface area contributed by atoms with Crippen LogP contribution in [-0.4, -0.2) is 6.47 Å². The van der Waals surface area contributed by atoms with E-state index in [9.17, 15) is 4.79 Å². The van der Waals surface area contributed by atoms with Crippen molar-refractivity contribution in [2.45, 2.75) is 0 Å². The molecule has 0 aliphatic rings. The molecule has 0 heterocycles. The molecule has 18 heavy (non-hydrogen) atoms. The van der Waals surface area contributed by atoms with Gasteiger partial charge in [0.05, 0.1) is 11.6 Å². The van der Waals surface area contributed by atoms with Gasteiger partial charge in [-0.15, -0.1) is 0 Å². The quantitative estimate of drug-likeness (QED) is 0.770. The molecular weight excluding hydrogens is 230 g/mol. The van der Waals surface area contributed by atoms with Gasteiger partial charge in [0.2, 0.25) is 0 Å². The van der Waals surface area contributed by atoms with Crippen molar-refractivity contribution in [1.29, 1.82) is 5.26 Å². The van der Waals surface area contributed by atoms with Crippen molar-refractivity contribution in [3.05, 3.63) is 54.1 Å². The standard InChI is InChI=1S/C14H9NO3/c15-9-11-1-3-13(4-2-11)18-14-7-5-12(6-8-14)17-10-16/h1-8,10H. The maximum Gasteiger partial charge on any atom is 0.298 e. The predicted octanol–water partition coefficient (Wildman–Crippen LogP) is 2.89. The molecule has 88 valence electrons. The average molecular weight is 239 g/mol. The Labute approximate surface area is 104 Å². The summed E-state index contributed by atoms with van der Waals surface area (Å²) < 4.78 is 10.2. The van der Waals surface area contributed by atoms with Crippen LogP contribution in [0, 0.1) is 11.3 Å². The third-order valence-electron chi connectivity index (χ3n) is 2.23. The Kier molecular flexibility index (Phi) is 3.57. The third kappa shape index (κ3) is 2.86. The molecule has 4 nitrogen and oxygen atoms in total. The van der Waals surface area contributed by atoms with Gasteiger partial charge < -0.3 is 9.47 Å². The number of hydrogen-bond donors (Lipinski definition) is 0. The summed E-state index contributed by atoms with van der Waals surface area (Å²) in [5.74, 6) is 1.72. The first kappa shape index (κ1) is 11.7. The Morgan fingerprint density at radius 3 is 1.89 bits per heavy atom. The molecule has 0 unspecified atom stereocenters. The molecule has 0 radical (unpaired) electrons. The number of rotatable bonds is 4. The average Bonchev–Trinajstić information content (AvgIpc) is 2.42. The van der Waals surface area contributed by atoms with Crippen molar-refractivity contribution in [3.8, 4) is 23.3 Å². The predicted molar refractivity (Wildman–Crippen MR) is 64.4 cm³/mol. The van der Waals surface area contributed by atoms with Crippen LogP contribution in [0.1, 0.15) is 5.56 Å². The number of ether oxygens (including phenoxy) is 2. The van der Waals surface area contributed by atoms with E-state index in [-0.39, 0.29) is 0 Å². The molecule has 0 amide bonds. The number of carbonyl (C=O) groups excluding carboxylic acids is 1. The van der Waals surface area contributed by atoms with E-state index in [0.29, 0.717) is 29.3 Å². The molecular formula is C14H9NO3. The lowest BCUT2D eigenvalue weighted by Gasteiger charge is -2.05. The highest BCUT2D eigenvalue weighted by atomic mass is 16.5. The number of nitrogens with zero attached hydrogens (tertiary/aromatic N) is 1. The Morgan fingerprint density at radius 1 is 0.889 bits per heavy atom. The minimum Gasteiger partial charge on any atom is -0.457 e. The number of nitriles is 1. The van der Waals surface area contributed by atoms with E-state index in [1.54, 1.807) is 48.5 Å². The summed E-state index contributed by atoms with van der Waals surface area (Å²) in [6.07, 6.45) is 0. The van der Waals surface area contributed by atoms with E-state index in [4.69, 9.17) is 10.00 Å². The van der Waals surface area contributed by atoms with E-state index in [2.05, 4.69) is 4.74 Å². The molecule has 0 aromatic heterocycles. The Morgan fingerprint density at radius 2 is 1.39 bits per heavy atom. The molecule has 0 bridgehead atoms. The van der Waals surface area contributed by atoms with Gasteiger partial charge in [0, 0.05) is 0 Å². The molecule has 0 fully saturated rings. The van der Waals surface area contributed by atoms with Crippen LogP contribution in [-0.2, 0) is 4.79 Å². The van der Waals surface area contributed by atoms with Gasteiger partial charge in [-0.3, -0.25) is 4.79 Å². The van der Waals surface area contributed by atoms with Crippen LogP contribution in [0.3, 0.4) is 0 Å². The molecule has 0 saturated heterocycles. The van der Waals surface area contributed by atoms with Gasteiger partial charge in [0.25, 0.3) is 6.47 Å². The Hall–Kier alpha value is -2.80. The van der Waals surface area contributed by atoms with Crippen molar-refractivity contribution in [3.63, 3.8) is 0 Å². The lowest BCUT2D eigenvalue weighted by Crippen LogP contribution is -1.88. The summed E-state index contributed by atoms with van der Waals surface area (Å²) in [5.41, 5.74) is 0.581. The maximum absolute atomic E-state index is 10.1. The largest absolute Gasteiger partial charge is 0.457 e.